The van der Waals surface area contributed by atoms with Gasteiger partial charge in [-0.25, -0.2) is 0 Å². The van der Waals surface area contributed by atoms with Crippen LogP contribution < -0.4 is 0 Å². The smallest absolute Gasteiger partial charge is 0.305 e. The lowest BCUT2D eigenvalue weighted by Gasteiger charge is -2.19. The average Bonchev–Trinajstić information content (AvgIpc) is 2.30. The van der Waals surface area contributed by atoms with Gasteiger partial charge < -0.3 is 4.74 Å². The molecule has 0 radical (unpaired) electrons. The van der Waals surface area contributed by atoms with Gasteiger partial charge in [-0.2, -0.15) is 0 Å². The largest absolute Gasteiger partial charge is 0.469 e. The summed E-state index contributed by atoms with van der Waals surface area (Å²) in [5.74, 6) is 0.719. The Kier molecular flexibility index (Phi) is 5.20. The molecule has 1 unspecified atom stereocenters. The molecule has 0 saturated heterocycles. The first-order chi connectivity index (χ1) is 8.02. The topological polar surface area (TPSA) is 26.3 Å². The molecule has 17 heavy (non-hydrogen) atoms. The zero-order chi connectivity index (χ0) is 12.8. The second-order valence-electron chi connectivity index (χ2n) is 4.97. The molecular formula is C15H22O2. The summed E-state index contributed by atoms with van der Waals surface area (Å²) >= 11 is 0. The van der Waals surface area contributed by atoms with Gasteiger partial charge in [0, 0.05) is 6.42 Å². The van der Waals surface area contributed by atoms with Gasteiger partial charge in [0.2, 0.25) is 0 Å². The number of ether oxygens (including phenoxy) is 1. The molecule has 0 N–H and O–H groups in total. The van der Waals surface area contributed by atoms with Crippen LogP contribution in [0.5, 0.6) is 0 Å². The van der Waals surface area contributed by atoms with Crippen molar-refractivity contribution in [3.63, 3.8) is 0 Å². The first-order valence-corrected chi connectivity index (χ1v) is 6.15. The molecule has 0 aliphatic rings. The summed E-state index contributed by atoms with van der Waals surface area (Å²) in [6.45, 7) is 6.39. The summed E-state index contributed by atoms with van der Waals surface area (Å²) in [4.78, 5) is 11.3. The lowest BCUT2D eigenvalue weighted by molar-refractivity contribution is -0.142. The van der Waals surface area contributed by atoms with E-state index in [9.17, 15) is 4.79 Å². The summed E-state index contributed by atoms with van der Waals surface area (Å²) in [7, 11) is 1.45. The van der Waals surface area contributed by atoms with Crippen molar-refractivity contribution in [2.45, 2.75) is 33.6 Å². The summed E-state index contributed by atoms with van der Waals surface area (Å²) in [6, 6.07) is 8.51. The summed E-state index contributed by atoms with van der Waals surface area (Å²) in [5.41, 5.74) is 2.56. The van der Waals surface area contributed by atoms with Gasteiger partial charge in [0.25, 0.3) is 0 Å². The molecule has 0 aliphatic carbocycles. The van der Waals surface area contributed by atoms with Crippen LogP contribution >= 0.6 is 0 Å². The van der Waals surface area contributed by atoms with Gasteiger partial charge in [-0.15, -0.1) is 0 Å². The van der Waals surface area contributed by atoms with E-state index in [0.717, 1.165) is 6.42 Å². The second kappa shape index (κ2) is 6.43. The summed E-state index contributed by atoms with van der Waals surface area (Å²) in [6.07, 6.45) is 1.44. The average molecular weight is 234 g/mol. The maximum absolute atomic E-state index is 11.3. The van der Waals surface area contributed by atoms with E-state index in [1.807, 2.05) is 0 Å². The van der Waals surface area contributed by atoms with Crippen LogP contribution in [0, 0.1) is 18.8 Å². The van der Waals surface area contributed by atoms with Crippen molar-refractivity contribution in [1.29, 1.82) is 0 Å². The molecule has 0 spiro atoms. The van der Waals surface area contributed by atoms with Crippen molar-refractivity contribution in [2.75, 3.05) is 7.11 Å². The number of hydrogen-bond acceptors (Lipinski definition) is 2. The molecule has 1 aromatic carbocycles. The highest BCUT2D eigenvalue weighted by Crippen LogP contribution is 2.21. The Bertz CT molecular complexity index is 352. The predicted octanol–water partition coefficient (Wildman–Crippen LogP) is 3.37. The van der Waals surface area contributed by atoms with E-state index < -0.39 is 0 Å². The van der Waals surface area contributed by atoms with Crippen molar-refractivity contribution >= 4 is 5.97 Å². The molecule has 2 nitrogen and oxygen atoms in total. The molecular weight excluding hydrogens is 212 g/mol. The van der Waals surface area contributed by atoms with Gasteiger partial charge in [0.15, 0.2) is 0 Å². The van der Waals surface area contributed by atoms with Crippen LogP contribution in [0.25, 0.3) is 0 Å². The van der Waals surface area contributed by atoms with E-state index in [4.69, 9.17) is 4.74 Å². The van der Waals surface area contributed by atoms with E-state index in [0.29, 0.717) is 18.3 Å². The molecule has 0 heterocycles. The number of esters is 1. The molecule has 0 aromatic heterocycles. The van der Waals surface area contributed by atoms with Gasteiger partial charge in [-0.1, -0.05) is 43.7 Å². The Balaban J connectivity index is 2.66. The number of benzene rings is 1. The number of rotatable bonds is 5. The van der Waals surface area contributed by atoms with Crippen LogP contribution in [0.15, 0.2) is 24.3 Å². The van der Waals surface area contributed by atoms with E-state index in [1.165, 1.54) is 18.2 Å². The Morgan fingerprint density at radius 1 is 1.24 bits per heavy atom. The highest BCUT2D eigenvalue weighted by Gasteiger charge is 2.18. The lowest BCUT2D eigenvalue weighted by Crippen LogP contribution is -2.17. The maximum atomic E-state index is 11.3. The lowest BCUT2D eigenvalue weighted by atomic mass is 9.86. The molecule has 0 fully saturated rings. The van der Waals surface area contributed by atoms with Gasteiger partial charge >= 0.3 is 5.97 Å². The van der Waals surface area contributed by atoms with Gasteiger partial charge in [-0.05, 0) is 30.7 Å². The van der Waals surface area contributed by atoms with Crippen LogP contribution in [-0.2, 0) is 16.0 Å². The molecule has 2 heteroatoms. The van der Waals surface area contributed by atoms with Crippen molar-refractivity contribution in [1.82, 2.24) is 0 Å². The summed E-state index contributed by atoms with van der Waals surface area (Å²) < 4.78 is 4.75. The minimum absolute atomic E-state index is 0.115. The number of carbonyl (C=O) groups excluding carboxylic acids is 1. The molecule has 1 rings (SSSR count). The van der Waals surface area contributed by atoms with Crippen LogP contribution in [0.3, 0.4) is 0 Å². The van der Waals surface area contributed by atoms with Crippen LogP contribution in [0.2, 0.25) is 0 Å². The van der Waals surface area contributed by atoms with Gasteiger partial charge in [-0.3, -0.25) is 4.79 Å². The fourth-order valence-electron chi connectivity index (χ4n) is 1.87. The number of methoxy groups -OCH3 is 1. The van der Waals surface area contributed by atoms with Crippen LogP contribution in [-0.4, -0.2) is 13.1 Å². The number of carbonyl (C=O) groups is 1. The third kappa shape index (κ3) is 4.59. The van der Waals surface area contributed by atoms with Crippen LogP contribution in [0.4, 0.5) is 0 Å². The minimum atomic E-state index is -0.115. The number of hydrogen-bond donors (Lipinski definition) is 0. The molecule has 1 aromatic rings. The fourth-order valence-corrected chi connectivity index (χ4v) is 1.87. The van der Waals surface area contributed by atoms with E-state index in [1.54, 1.807) is 0 Å². The summed E-state index contributed by atoms with van der Waals surface area (Å²) in [5, 5.41) is 0. The van der Waals surface area contributed by atoms with Crippen molar-refractivity contribution in [2.24, 2.45) is 11.8 Å². The van der Waals surface area contributed by atoms with E-state index >= 15 is 0 Å². The Hall–Kier alpha value is -1.31. The van der Waals surface area contributed by atoms with Crippen molar-refractivity contribution < 1.29 is 9.53 Å². The molecule has 0 saturated carbocycles. The third-order valence-corrected chi connectivity index (χ3v) is 3.22. The Morgan fingerprint density at radius 2 is 1.82 bits per heavy atom. The highest BCUT2D eigenvalue weighted by molar-refractivity contribution is 5.69. The standard InChI is InChI=1S/C15H22O2/c1-11(2)14(10-15(16)17-4)9-13-7-5-12(3)6-8-13/h5-8,11,14H,9-10H2,1-4H3. The monoisotopic (exact) mass is 234 g/mol. The molecule has 1 atom stereocenters. The first kappa shape index (κ1) is 13.8. The third-order valence-electron chi connectivity index (χ3n) is 3.22. The van der Waals surface area contributed by atoms with E-state index in [2.05, 4.69) is 45.0 Å². The second-order valence-corrected chi connectivity index (χ2v) is 4.97. The SMILES string of the molecule is COC(=O)CC(Cc1ccc(C)cc1)C(C)C. The molecule has 94 valence electrons. The Labute approximate surface area is 104 Å². The van der Waals surface area contributed by atoms with Gasteiger partial charge in [0.05, 0.1) is 7.11 Å². The minimum Gasteiger partial charge on any atom is -0.469 e. The number of aryl methyl sites for hydroxylation is 1. The fraction of sp³-hybridized carbons (Fsp3) is 0.533. The Morgan fingerprint density at radius 3 is 2.29 bits per heavy atom. The predicted molar refractivity (Wildman–Crippen MR) is 69.8 cm³/mol. The first-order valence-electron chi connectivity index (χ1n) is 6.15. The van der Waals surface area contributed by atoms with E-state index in [-0.39, 0.29) is 5.97 Å². The maximum Gasteiger partial charge on any atom is 0.305 e. The molecule has 0 amide bonds. The van der Waals surface area contributed by atoms with Gasteiger partial charge in [0.1, 0.15) is 0 Å². The van der Waals surface area contributed by atoms with Crippen molar-refractivity contribution in [3.8, 4) is 0 Å². The molecule has 0 aliphatic heterocycles. The normalized spacial score (nSPS) is 12.5. The quantitative estimate of drug-likeness (QED) is 0.730. The zero-order valence-corrected chi connectivity index (χ0v) is 11.2. The highest BCUT2D eigenvalue weighted by atomic mass is 16.5. The molecule has 0 bridgehead atoms. The zero-order valence-electron chi connectivity index (χ0n) is 11.2. The van der Waals surface area contributed by atoms with Crippen molar-refractivity contribution in [3.05, 3.63) is 35.4 Å². The van der Waals surface area contributed by atoms with Crippen LogP contribution in [0.1, 0.15) is 31.4 Å².